The summed E-state index contributed by atoms with van der Waals surface area (Å²) in [4.78, 5) is 14.6. The van der Waals surface area contributed by atoms with E-state index in [1.54, 1.807) is 0 Å². The van der Waals surface area contributed by atoms with Gasteiger partial charge in [-0.2, -0.15) is 0 Å². The highest BCUT2D eigenvalue weighted by molar-refractivity contribution is 9.10. The van der Waals surface area contributed by atoms with Crippen LogP contribution in [-0.4, -0.2) is 33.2 Å². The number of aromatic nitrogens is 4. The molecular formula is C12H7BrFN7O4. The first-order valence-electron chi connectivity index (χ1n) is 6.62. The van der Waals surface area contributed by atoms with Crippen molar-refractivity contribution in [1.82, 2.24) is 20.0 Å². The van der Waals surface area contributed by atoms with Gasteiger partial charge in [0.1, 0.15) is 5.82 Å². The van der Waals surface area contributed by atoms with Crippen molar-refractivity contribution in [2.45, 2.75) is 0 Å². The lowest BCUT2D eigenvalue weighted by molar-refractivity contribution is 0.260. The first-order chi connectivity index (χ1) is 12.1. The summed E-state index contributed by atoms with van der Waals surface area (Å²) in [6.07, 6.45) is 0. The first kappa shape index (κ1) is 16.7. The van der Waals surface area contributed by atoms with E-state index in [1.165, 1.54) is 18.2 Å². The highest BCUT2D eigenvalue weighted by atomic mass is 79.9. The molecule has 0 spiro atoms. The Morgan fingerprint density at radius 3 is 3.00 bits per heavy atom. The molecule has 0 saturated carbocycles. The average molecular weight is 412 g/mol. The first-order valence-corrected chi connectivity index (χ1v) is 7.42. The zero-order valence-corrected chi connectivity index (χ0v) is 13.8. The molecule has 1 aromatic carbocycles. The van der Waals surface area contributed by atoms with Gasteiger partial charge in [0.05, 0.1) is 23.3 Å². The maximum Gasteiger partial charge on any atom is 0.446 e. The summed E-state index contributed by atoms with van der Waals surface area (Å²) in [7, 11) is 0. The summed E-state index contributed by atoms with van der Waals surface area (Å²) in [5.74, 6) is -1.45. The predicted octanol–water partition coefficient (Wildman–Crippen LogP) is 2.47. The quantitative estimate of drug-likeness (QED) is 0.262. The van der Waals surface area contributed by atoms with Gasteiger partial charge in [0.2, 0.25) is 11.5 Å². The number of halogens is 2. The zero-order chi connectivity index (χ0) is 17.8. The molecular weight excluding hydrogens is 405 g/mol. The number of hydrogen-bond donors (Lipinski definition) is 0. The summed E-state index contributed by atoms with van der Waals surface area (Å²) in [5.41, 5.74) is 8.50. The van der Waals surface area contributed by atoms with Crippen molar-refractivity contribution in [3.8, 4) is 23.1 Å². The molecule has 0 saturated heterocycles. The zero-order valence-electron chi connectivity index (χ0n) is 12.2. The highest BCUT2D eigenvalue weighted by Gasteiger charge is 2.24. The van der Waals surface area contributed by atoms with Crippen molar-refractivity contribution < 1.29 is 18.3 Å². The Morgan fingerprint density at radius 2 is 2.24 bits per heavy atom. The van der Waals surface area contributed by atoms with E-state index in [1.807, 2.05) is 0 Å². The Labute approximate surface area is 145 Å². The van der Waals surface area contributed by atoms with Gasteiger partial charge < -0.3 is 4.74 Å². The molecule has 25 heavy (non-hydrogen) atoms. The third kappa shape index (κ3) is 3.36. The average Bonchev–Trinajstić information content (AvgIpc) is 3.20. The van der Waals surface area contributed by atoms with Gasteiger partial charge in [-0.15, -0.1) is 0 Å². The number of hydrogen-bond acceptors (Lipinski definition) is 8. The number of ether oxygens (including phenoxy) is 1. The van der Waals surface area contributed by atoms with Crippen LogP contribution in [0.1, 0.15) is 0 Å². The molecule has 0 fully saturated rings. The standard InChI is InChI=1S/C12H7BrFN7O4/c13-7-5-6(1-2-8(7)14)21-10(18-24-12(21)22)9-11(19-25-17-9)23-4-3-16-20-15/h1-2,5H,3-4H2. The molecule has 0 amide bonds. The van der Waals surface area contributed by atoms with Gasteiger partial charge in [-0.1, -0.05) is 10.3 Å². The second-order valence-corrected chi connectivity index (χ2v) is 5.28. The van der Waals surface area contributed by atoms with Gasteiger partial charge in [0, 0.05) is 4.91 Å². The van der Waals surface area contributed by atoms with Crippen LogP contribution in [0.15, 0.2) is 41.7 Å². The molecule has 0 aliphatic heterocycles. The molecule has 0 radical (unpaired) electrons. The Balaban J connectivity index is 2.00. The topological polar surface area (TPSA) is 145 Å². The fourth-order valence-corrected chi connectivity index (χ4v) is 2.26. The second-order valence-electron chi connectivity index (χ2n) is 4.43. The number of rotatable bonds is 6. The van der Waals surface area contributed by atoms with Crippen molar-refractivity contribution in [3.63, 3.8) is 0 Å². The van der Waals surface area contributed by atoms with E-state index >= 15 is 0 Å². The van der Waals surface area contributed by atoms with Crippen LogP contribution in [0.3, 0.4) is 0 Å². The van der Waals surface area contributed by atoms with E-state index in [2.05, 4.69) is 50.6 Å². The fraction of sp³-hybridized carbons (Fsp3) is 0.167. The lowest BCUT2D eigenvalue weighted by atomic mass is 10.3. The van der Waals surface area contributed by atoms with Gasteiger partial charge in [-0.3, -0.25) is 4.52 Å². The van der Waals surface area contributed by atoms with Crippen molar-refractivity contribution in [3.05, 3.63) is 49.5 Å². The minimum Gasteiger partial charge on any atom is -0.474 e. The van der Waals surface area contributed by atoms with E-state index in [9.17, 15) is 9.18 Å². The summed E-state index contributed by atoms with van der Waals surface area (Å²) >= 11 is 3.04. The number of azide groups is 1. The Kier molecular flexibility index (Phi) is 4.77. The smallest absolute Gasteiger partial charge is 0.446 e. The van der Waals surface area contributed by atoms with Crippen molar-refractivity contribution in [1.29, 1.82) is 0 Å². The van der Waals surface area contributed by atoms with E-state index in [-0.39, 0.29) is 40.7 Å². The van der Waals surface area contributed by atoms with Crippen LogP contribution in [0.2, 0.25) is 0 Å². The van der Waals surface area contributed by atoms with Crippen molar-refractivity contribution in [2.24, 2.45) is 5.11 Å². The second kappa shape index (κ2) is 7.15. The molecule has 13 heteroatoms. The normalized spacial score (nSPS) is 10.5. The van der Waals surface area contributed by atoms with E-state index < -0.39 is 11.6 Å². The Morgan fingerprint density at radius 1 is 1.40 bits per heavy atom. The molecule has 2 heterocycles. The summed E-state index contributed by atoms with van der Waals surface area (Å²) < 4.78 is 29.2. The molecule has 0 atom stereocenters. The molecule has 0 aliphatic rings. The maximum atomic E-state index is 13.4. The van der Waals surface area contributed by atoms with Crippen LogP contribution >= 0.6 is 15.9 Å². The van der Waals surface area contributed by atoms with Crippen LogP contribution in [0.5, 0.6) is 5.88 Å². The maximum absolute atomic E-state index is 13.4. The van der Waals surface area contributed by atoms with Crippen molar-refractivity contribution >= 4 is 15.9 Å². The molecule has 3 rings (SSSR count). The third-order valence-corrected chi connectivity index (χ3v) is 3.54. The predicted molar refractivity (Wildman–Crippen MR) is 82.6 cm³/mol. The van der Waals surface area contributed by atoms with Gasteiger partial charge in [-0.05, 0) is 50.0 Å². The molecule has 0 aliphatic carbocycles. The molecule has 0 bridgehead atoms. The van der Waals surface area contributed by atoms with E-state index in [0.29, 0.717) is 0 Å². The van der Waals surface area contributed by atoms with Gasteiger partial charge in [-0.25, -0.2) is 18.4 Å². The van der Waals surface area contributed by atoms with Crippen LogP contribution in [-0.2, 0) is 0 Å². The summed E-state index contributed by atoms with van der Waals surface area (Å²) in [6, 6.07) is 3.89. The van der Waals surface area contributed by atoms with E-state index in [0.717, 1.165) is 4.57 Å². The van der Waals surface area contributed by atoms with Gasteiger partial charge >= 0.3 is 5.76 Å². The van der Waals surface area contributed by atoms with Crippen LogP contribution < -0.4 is 10.5 Å². The molecule has 2 aromatic heterocycles. The molecule has 128 valence electrons. The van der Waals surface area contributed by atoms with E-state index in [4.69, 9.17) is 10.3 Å². The summed E-state index contributed by atoms with van der Waals surface area (Å²) in [5, 5.41) is 14.1. The van der Waals surface area contributed by atoms with Gasteiger partial charge in [0.15, 0.2) is 0 Å². The largest absolute Gasteiger partial charge is 0.474 e. The number of nitrogens with zero attached hydrogens (tertiary/aromatic N) is 7. The minimum absolute atomic E-state index is 0.00719. The lowest BCUT2D eigenvalue weighted by Crippen LogP contribution is -2.14. The minimum atomic E-state index is -0.823. The molecule has 0 unspecified atom stereocenters. The molecule has 3 aromatic rings. The van der Waals surface area contributed by atoms with Crippen LogP contribution in [0.4, 0.5) is 4.39 Å². The fourth-order valence-electron chi connectivity index (χ4n) is 1.89. The van der Waals surface area contributed by atoms with Gasteiger partial charge in [0.25, 0.3) is 5.88 Å². The summed E-state index contributed by atoms with van der Waals surface area (Å²) in [6.45, 7) is 0.0643. The van der Waals surface area contributed by atoms with Crippen LogP contribution in [0, 0.1) is 5.82 Å². The Bertz CT molecular complexity index is 1010. The monoisotopic (exact) mass is 411 g/mol. The number of benzene rings is 1. The molecule has 11 nitrogen and oxygen atoms in total. The third-order valence-electron chi connectivity index (χ3n) is 2.93. The lowest BCUT2D eigenvalue weighted by Gasteiger charge is -2.05. The van der Waals surface area contributed by atoms with Crippen LogP contribution in [0.25, 0.3) is 27.6 Å². The Hall–Kier alpha value is -3.18. The van der Waals surface area contributed by atoms with Crippen molar-refractivity contribution in [2.75, 3.05) is 13.2 Å². The molecule has 0 N–H and O–H groups in total. The highest BCUT2D eigenvalue weighted by Crippen LogP contribution is 2.27. The SMILES string of the molecule is [N-]=[N+]=NCCOc1nonc1-c1noc(=O)n1-c1ccc(F)c(Br)c1.